The molecule has 0 bridgehead atoms. The third-order valence-electron chi connectivity index (χ3n) is 2.74. The molecule has 0 radical (unpaired) electrons. The second kappa shape index (κ2) is 3.98. The predicted molar refractivity (Wildman–Crippen MR) is 63.7 cm³/mol. The smallest absolute Gasteiger partial charge is 0.253 e. The second-order valence-corrected chi connectivity index (χ2v) is 3.67. The highest BCUT2D eigenvalue weighted by Gasteiger charge is 2.08. The number of ether oxygens (including phenoxy) is 1. The zero-order valence-corrected chi connectivity index (χ0v) is 9.33. The van der Waals surface area contributed by atoms with Gasteiger partial charge in [0.15, 0.2) is 0 Å². The molecular formula is C12H14N2O2. The number of fused-ring (bicyclic) bond motifs is 1. The zero-order valence-electron chi connectivity index (χ0n) is 9.33. The number of benzene rings is 1. The van der Waals surface area contributed by atoms with Crippen LogP contribution in [0.1, 0.15) is 11.3 Å². The summed E-state index contributed by atoms with van der Waals surface area (Å²) in [4.78, 5) is 14.5. The Balaban J connectivity index is 2.89. The predicted octanol–water partition coefficient (Wildman–Crippen LogP) is 1.30. The van der Waals surface area contributed by atoms with Gasteiger partial charge in [0.2, 0.25) is 0 Å². The van der Waals surface area contributed by atoms with Crippen molar-refractivity contribution in [2.24, 2.45) is 5.73 Å². The van der Waals surface area contributed by atoms with Crippen LogP contribution in [0.3, 0.4) is 0 Å². The van der Waals surface area contributed by atoms with Crippen molar-refractivity contribution >= 4 is 10.8 Å². The van der Waals surface area contributed by atoms with E-state index in [1.54, 1.807) is 7.11 Å². The van der Waals surface area contributed by atoms with Gasteiger partial charge in [0, 0.05) is 23.2 Å². The monoisotopic (exact) mass is 218 g/mol. The van der Waals surface area contributed by atoms with Gasteiger partial charge in [-0.15, -0.1) is 0 Å². The number of H-pyrrole nitrogens is 1. The van der Waals surface area contributed by atoms with Crippen molar-refractivity contribution in [3.63, 3.8) is 0 Å². The molecule has 1 aromatic heterocycles. The van der Waals surface area contributed by atoms with Crippen LogP contribution >= 0.6 is 0 Å². The number of aromatic nitrogens is 1. The summed E-state index contributed by atoms with van der Waals surface area (Å²) in [7, 11) is 1.60. The Hall–Kier alpha value is -1.81. The fourth-order valence-electron chi connectivity index (χ4n) is 1.87. The van der Waals surface area contributed by atoms with Crippen LogP contribution in [0.4, 0.5) is 0 Å². The van der Waals surface area contributed by atoms with Crippen LogP contribution in [-0.2, 0) is 6.54 Å². The summed E-state index contributed by atoms with van der Waals surface area (Å²) in [5.41, 5.74) is 6.92. The lowest BCUT2D eigenvalue weighted by atomic mass is 10.0. The highest BCUT2D eigenvalue weighted by atomic mass is 16.5. The second-order valence-electron chi connectivity index (χ2n) is 3.67. The van der Waals surface area contributed by atoms with Gasteiger partial charge in [0.25, 0.3) is 5.56 Å². The maximum Gasteiger partial charge on any atom is 0.253 e. The van der Waals surface area contributed by atoms with Crippen molar-refractivity contribution in [2.75, 3.05) is 7.11 Å². The van der Waals surface area contributed by atoms with Crippen molar-refractivity contribution in [1.29, 1.82) is 0 Å². The van der Waals surface area contributed by atoms with Gasteiger partial charge in [0.05, 0.1) is 7.11 Å². The van der Waals surface area contributed by atoms with E-state index in [0.717, 1.165) is 22.2 Å². The maximum absolute atomic E-state index is 11.7. The Kier molecular flexibility index (Phi) is 2.66. The third kappa shape index (κ3) is 1.57. The van der Waals surface area contributed by atoms with Crippen LogP contribution in [0.15, 0.2) is 23.0 Å². The molecule has 0 aliphatic carbocycles. The molecule has 0 aliphatic heterocycles. The first-order valence-corrected chi connectivity index (χ1v) is 5.07. The lowest BCUT2D eigenvalue weighted by Gasteiger charge is -2.08. The lowest BCUT2D eigenvalue weighted by molar-refractivity contribution is 0.415. The largest absolute Gasteiger partial charge is 0.497 e. The van der Waals surface area contributed by atoms with Gasteiger partial charge in [-0.1, -0.05) is 0 Å². The van der Waals surface area contributed by atoms with Gasteiger partial charge in [-0.25, -0.2) is 0 Å². The number of aryl methyl sites for hydroxylation is 1. The highest BCUT2D eigenvalue weighted by Crippen LogP contribution is 2.23. The van der Waals surface area contributed by atoms with Crippen molar-refractivity contribution in [2.45, 2.75) is 13.5 Å². The van der Waals surface area contributed by atoms with Gasteiger partial charge < -0.3 is 15.5 Å². The molecule has 0 aliphatic rings. The molecular weight excluding hydrogens is 204 g/mol. The van der Waals surface area contributed by atoms with E-state index in [4.69, 9.17) is 10.5 Å². The number of nitrogens with two attached hydrogens (primary N) is 1. The third-order valence-corrected chi connectivity index (χ3v) is 2.74. The molecule has 2 rings (SSSR count). The lowest BCUT2D eigenvalue weighted by Crippen LogP contribution is -2.17. The number of rotatable bonds is 2. The summed E-state index contributed by atoms with van der Waals surface area (Å²) >= 11 is 0. The molecule has 0 amide bonds. The number of hydrogen-bond donors (Lipinski definition) is 2. The minimum absolute atomic E-state index is 0.124. The summed E-state index contributed by atoms with van der Waals surface area (Å²) in [6, 6.07) is 5.65. The van der Waals surface area contributed by atoms with E-state index < -0.39 is 0 Å². The van der Waals surface area contributed by atoms with Crippen molar-refractivity contribution in [3.05, 3.63) is 39.8 Å². The minimum Gasteiger partial charge on any atom is -0.497 e. The molecule has 0 saturated heterocycles. The molecule has 16 heavy (non-hydrogen) atoms. The molecule has 0 spiro atoms. The van der Waals surface area contributed by atoms with Gasteiger partial charge in [-0.3, -0.25) is 4.79 Å². The quantitative estimate of drug-likeness (QED) is 0.798. The number of pyridine rings is 1. The summed E-state index contributed by atoms with van der Waals surface area (Å²) < 4.78 is 5.15. The fourth-order valence-corrected chi connectivity index (χ4v) is 1.87. The molecule has 1 aromatic carbocycles. The first kappa shape index (κ1) is 10.7. The van der Waals surface area contributed by atoms with Crippen LogP contribution < -0.4 is 16.0 Å². The molecule has 4 heteroatoms. The molecule has 0 unspecified atom stereocenters. The van der Waals surface area contributed by atoms with E-state index in [1.165, 1.54) is 0 Å². The van der Waals surface area contributed by atoms with E-state index in [-0.39, 0.29) is 12.1 Å². The molecule has 84 valence electrons. The number of aromatic amines is 1. The topological polar surface area (TPSA) is 68.1 Å². The summed E-state index contributed by atoms with van der Waals surface area (Å²) in [6.45, 7) is 2.09. The average Bonchev–Trinajstić information content (AvgIpc) is 2.28. The first-order valence-electron chi connectivity index (χ1n) is 5.07. The Labute approximate surface area is 93.0 Å². The Bertz CT molecular complexity index is 587. The molecule has 0 saturated carbocycles. The van der Waals surface area contributed by atoms with Crippen molar-refractivity contribution < 1.29 is 4.74 Å². The van der Waals surface area contributed by atoms with Gasteiger partial charge in [-0.2, -0.15) is 0 Å². The molecule has 3 N–H and O–H groups in total. The normalized spacial score (nSPS) is 10.7. The van der Waals surface area contributed by atoms with Crippen LogP contribution in [0, 0.1) is 6.92 Å². The van der Waals surface area contributed by atoms with Gasteiger partial charge in [-0.05, 0) is 30.5 Å². The molecule has 1 heterocycles. The average molecular weight is 218 g/mol. The maximum atomic E-state index is 11.7. The SMILES string of the molecule is COc1ccc2c(C)[nH]c(=O)c(CN)c2c1. The molecule has 0 fully saturated rings. The van der Waals surface area contributed by atoms with Crippen molar-refractivity contribution in [1.82, 2.24) is 4.98 Å². The van der Waals surface area contributed by atoms with Crippen LogP contribution in [-0.4, -0.2) is 12.1 Å². The van der Waals surface area contributed by atoms with E-state index >= 15 is 0 Å². The summed E-state index contributed by atoms with van der Waals surface area (Å²) in [5, 5.41) is 1.86. The Morgan fingerprint density at radius 3 is 2.75 bits per heavy atom. The standard InChI is InChI=1S/C12H14N2O2/c1-7-9-4-3-8(16-2)5-10(9)11(6-13)12(15)14-7/h3-5H,6,13H2,1-2H3,(H,14,15). The number of hydrogen-bond acceptors (Lipinski definition) is 3. The van der Waals surface area contributed by atoms with E-state index in [9.17, 15) is 4.79 Å². The van der Waals surface area contributed by atoms with E-state index in [0.29, 0.717) is 5.56 Å². The summed E-state index contributed by atoms with van der Waals surface area (Å²) in [6.07, 6.45) is 0. The number of nitrogens with one attached hydrogen (secondary N) is 1. The molecule has 4 nitrogen and oxygen atoms in total. The van der Waals surface area contributed by atoms with E-state index in [2.05, 4.69) is 4.98 Å². The highest BCUT2D eigenvalue weighted by molar-refractivity contribution is 5.88. The Morgan fingerprint density at radius 2 is 2.12 bits per heavy atom. The van der Waals surface area contributed by atoms with E-state index in [1.807, 2.05) is 25.1 Å². The van der Waals surface area contributed by atoms with Gasteiger partial charge >= 0.3 is 0 Å². The van der Waals surface area contributed by atoms with Crippen LogP contribution in [0.25, 0.3) is 10.8 Å². The van der Waals surface area contributed by atoms with Crippen LogP contribution in [0.2, 0.25) is 0 Å². The minimum atomic E-state index is -0.124. The van der Waals surface area contributed by atoms with Gasteiger partial charge in [0.1, 0.15) is 5.75 Å². The fraction of sp³-hybridized carbons (Fsp3) is 0.250. The summed E-state index contributed by atoms with van der Waals surface area (Å²) in [5.74, 6) is 0.729. The molecule has 0 atom stereocenters. The van der Waals surface area contributed by atoms with Crippen LogP contribution in [0.5, 0.6) is 5.75 Å². The molecule has 2 aromatic rings. The Morgan fingerprint density at radius 1 is 1.38 bits per heavy atom. The van der Waals surface area contributed by atoms with Crippen molar-refractivity contribution in [3.8, 4) is 5.75 Å². The number of methoxy groups -OCH3 is 1. The first-order chi connectivity index (χ1) is 7.67. The zero-order chi connectivity index (χ0) is 11.7.